The molecule has 1 saturated heterocycles. The Morgan fingerprint density at radius 3 is 2.52 bits per heavy atom. The molecule has 0 spiro atoms. The third-order valence-electron chi connectivity index (χ3n) is 5.42. The molecule has 29 heavy (non-hydrogen) atoms. The molecule has 7 nitrogen and oxygen atoms in total. The maximum Gasteiger partial charge on any atom is 0.317 e. The van der Waals surface area contributed by atoms with Crippen molar-refractivity contribution in [3.05, 3.63) is 35.6 Å². The molecule has 162 valence electrons. The summed E-state index contributed by atoms with van der Waals surface area (Å²) in [6, 6.07) is 6.41. The Kier molecular flexibility index (Phi) is 9.34. The van der Waals surface area contributed by atoms with Crippen molar-refractivity contribution in [2.24, 2.45) is 0 Å². The second kappa shape index (κ2) is 11.7. The van der Waals surface area contributed by atoms with Crippen LogP contribution in [0.25, 0.3) is 0 Å². The number of likely N-dealkylation sites (tertiary alicyclic amines) is 1. The molecule has 8 heteroatoms. The monoisotopic (exact) mass is 407 g/mol. The maximum atomic E-state index is 13.1. The highest BCUT2D eigenvalue weighted by Crippen LogP contribution is 2.13. The van der Waals surface area contributed by atoms with Crippen molar-refractivity contribution in [2.75, 3.05) is 60.4 Å². The van der Waals surface area contributed by atoms with Gasteiger partial charge in [0.25, 0.3) is 0 Å². The van der Waals surface area contributed by atoms with Gasteiger partial charge in [0.2, 0.25) is 5.91 Å². The molecule has 0 bridgehead atoms. The van der Waals surface area contributed by atoms with Crippen LogP contribution in [0.1, 0.15) is 18.4 Å². The lowest BCUT2D eigenvalue weighted by atomic mass is 10.0. The smallest absolute Gasteiger partial charge is 0.317 e. The van der Waals surface area contributed by atoms with Crippen LogP contribution in [-0.4, -0.2) is 93.1 Å². The minimum absolute atomic E-state index is 0.120. The molecule has 0 radical (unpaired) electrons. The molecule has 1 aliphatic heterocycles. The summed E-state index contributed by atoms with van der Waals surface area (Å²) < 4.78 is 13.1. The van der Waals surface area contributed by atoms with Gasteiger partial charge < -0.3 is 25.3 Å². The Morgan fingerprint density at radius 2 is 1.83 bits per heavy atom. The number of halogens is 1. The largest absolute Gasteiger partial charge is 0.354 e. The highest BCUT2D eigenvalue weighted by Gasteiger charge is 2.20. The summed E-state index contributed by atoms with van der Waals surface area (Å²) in [5.41, 5.74) is 0.625. The predicted molar refractivity (Wildman–Crippen MR) is 112 cm³/mol. The first kappa shape index (κ1) is 23.1. The summed E-state index contributed by atoms with van der Waals surface area (Å²) in [4.78, 5) is 30.4. The lowest BCUT2D eigenvalue weighted by molar-refractivity contribution is -0.120. The van der Waals surface area contributed by atoms with E-state index in [4.69, 9.17) is 0 Å². The quantitative estimate of drug-likeness (QED) is 0.603. The fraction of sp³-hybridized carbons (Fsp3) is 0.619. The molecule has 1 aliphatic rings. The van der Waals surface area contributed by atoms with Gasteiger partial charge in [-0.1, -0.05) is 12.1 Å². The Balaban J connectivity index is 1.57. The molecule has 1 aromatic rings. The second-order valence-electron chi connectivity index (χ2n) is 7.83. The third kappa shape index (κ3) is 8.37. The Hall–Kier alpha value is -2.19. The molecule has 0 atom stereocenters. The van der Waals surface area contributed by atoms with Crippen LogP contribution in [-0.2, 0) is 11.2 Å². The zero-order valence-electron chi connectivity index (χ0n) is 17.8. The van der Waals surface area contributed by atoms with Crippen LogP contribution in [0.5, 0.6) is 0 Å². The number of urea groups is 1. The summed E-state index contributed by atoms with van der Waals surface area (Å²) in [6.45, 7) is 4.42. The van der Waals surface area contributed by atoms with Gasteiger partial charge in [-0.15, -0.1) is 0 Å². The van der Waals surface area contributed by atoms with E-state index in [2.05, 4.69) is 34.5 Å². The molecule has 3 amide bonds. The van der Waals surface area contributed by atoms with Crippen molar-refractivity contribution >= 4 is 11.9 Å². The molecular weight excluding hydrogens is 373 g/mol. The number of piperidine rings is 1. The van der Waals surface area contributed by atoms with Gasteiger partial charge in [-0.05, 0) is 57.7 Å². The predicted octanol–water partition coefficient (Wildman–Crippen LogP) is 1.15. The number of amides is 3. The van der Waals surface area contributed by atoms with E-state index in [1.807, 2.05) is 0 Å². The first-order valence-electron chi connectivity index (χ1n) is 10.2. The average molecular weight is 408 g/mol. The van der Waals surface area contributed by atoms with E-state index in [-0.39, 0.29) is 24.2 Å². The van der Waals surface area contributed by atoms with Crippen molar-refractivity contribution < 1.29 is 14.0 Å². The highest BCUT2D eigenvalue weighted by atomic mass is 19.1. The Bertz CT molecular complexity index is 664. The van der Waals surface area contributed by atoms with Crippen LogP contribution in [0.3, 0.4) is 0 Å². The molecule has 1 fully saturated rings. The molecule has 1 aromatic carbocycles. The van der Waals surface area contributed by atoms with Crippen LogP contribution >= 0.6 is 0 Å². The average Bonchev–Trinajstić information content (AvgIpc) is 2.69. The first-order chi connectivity index (χ1) is 13.8. The van der Waals surface area contributed by atoms with E-state index < -0.39 is 0 Å². The zero-order chi connectivity index (χ0) is 21.2. The number of hydrogen-bond donors (Lipinski definition) is 2. The highest BCUT2D eigenvalue weighted by molar-refractivity contribution is 5.78. The Labute approximate surface area is 173 Å². The van der Waals surface area contributed by atoms with Gasteiger partial charge in [0.15, 0.2) is 0 Å². The summed E-state index contributed by atoms with van der Waals surface area (Å²) in [6.07, 6.45) is 2.45. The van der Waals surface area contributed by atoms with Crippen molar-refractivity contribution in [1.82, 2.24) is 25.3 Å². The molecule has 0 aliphatic carbocycles. The zero-order valence-corrected chi connectivity index (χ0v) is 17.8. The van der Waals surface area contributed by atoms with E-state index in [0.29, 0.717) is 31.2 Å². The molecule has 2 rings (SSSR count). The number of likely N-dealkylation sites (N-methyl/N-ethyl adjacent to an activating group) is 2. The van der Waals surface area contributed by atoms with Crippen molar-refractivity contribution in [3.8, 4) is 0 Å². The summed E-state index contributed by atoms with van der Waals surface area (Å²) >= 11 is 0. The van der Waals surface area contributed by atoms with Crippen LogP contribution in [0.15, 0.2) is 24.3 Å². The van der Waals surface area contributed by atoms with E-state index in [1.165, 1.54) is 12.1 Å². The number of benzene rings is 1. The van der Waals surface area contributed by atoms with E-state index in [9.17, 15) is 14.0 Å². The van der Waals surface area contributed by atoms with E-state index >= 15 is 0 Å². The SMILES string of the molecule is CN1CCC(N(C)CCN(C)C(=O)NCCNC(=O)Cc2cccc(F)c2)CC1. The summed E-state index contributed by atoms with van der Waals surface area (Å²) in [5.74, 6) is -0.551. The molecular formula is C21H34FN5O2. The number of hydrogen-bond acceptors (Lipinski definition) is 4. The van der Waals surface area contributed by atoms with E-state index in [0.717, 1.165) is 32.5 Å². The van der Waals surface area contributed by atoms with Gasteiger partial charge in [-0.3, -0.25) is 4.79 Å². The number of carbonyl (C=O) groups is 2. The second-order valence-corrected chi connectivity index (χ2v) is 7.83. The topological polar surface area (TPSA) is 67.9 Å². The van der Waals surface area contributed by atoms with Gasteiger partial charge in [0.1, 0.15) is 5.82 Å². The lowest BCUT2D eigenvalue weighted by Crippen LogP contribution is -2.47. The minimum atomic E-state index is -0.355. The third-order valence-corrected chi connectivity index (χ3v) is 5.42. The van der Waals surface area contributed by atoms with Gasteiger partial charge in [-0.2, -0.15) is 0 Å². The molecule has 1 heterocycles. The normalized spacial score (nSPS) is 15.3. The lowest BCUT2D eigenvalue weighted by Gasteiger charge is -2.35. The van der Waals surface area contributed by atoms with Gasteiger partial charge >= 0.3 is 6.03 Å². The van der Waals surface area contributed by atoms with Crippen LogP contribution in [0.4, 0.5) is 9.18 Å². The number of carbonyl (C=O) groups excluding carboxylic acids is 2. The summed E-state index contributed by atoms with van der Waals surface area (Å²) in [5, 5.41) is 5.54. The molecule has 0 saturated carbocycles. The van der Waals surface area contributed by atoms with Crippen molar-refractivity contribution in [2.45, 2.75) is 25.3 Å². The summed E-state index contributed by atoms with van der Waals surface area (Å²) in [7, 11) is 6.05. The number of nitrogens with one attached hydrogen (secondary N) is 2. The number of rotatable bonds is 9. The van der Waals surface area contributed by atoms with Crippen LogP contribution in [0.2, 0.25) is 0 Å². The molecule has 0 unspecified atom stereocenters. The number of nitrogens with zero attached hydrogens (tertiary/aromatic N) is 3. The fourth-order valence-electron chi connectivity index (χ4n) is 3.43. The van der Waals surface area contributed by atoms with E-state index in [1.54, 1.807) is 24.1 Å². The molecule has 2 N–H and O–H groups in total. The first-order valence-corrected chi connectivity index (χ1v) is 10.2. The van der Waals surface area contributed by atoms with Crippen molar-refractivity contribution in [3.63, 3.8) is 0 Å². The standard InChI is InChI=1S/C21H34FN5O2/c1-25-11-7-19(8-12-25)26(2)13-14-27(3)21(29)24-10-9-23-20(28)16-17-5-4-6-18(22)15-17/h4-6,15,19H,7-14,16H2,1-3H3,(H,23,28)(H,24,29). The fourth-order valence-corrected chi connectivity index (χ4v) is 3.43. The minimum Gasteiger partial charge on any atom is -0.354 e. The Morgan fingerprint density at radius 1 is 1.14 bits per heavy atom. The van der Waals surface area contributed by atoms with Gasteiger partial charge in [-0.25, -0.2) is 9.18 Å². The van der Waals surface area contributed by atoms with Gasteiger partial charge in [0.05, 0.1) is 6.42 Å². The van der Waals surface area contributed by atoms with Crippen LogP contribution < -0.4 is 10.6 Å². The molecule has 0 aromatic heterocycles. The maximum absolute atomic E-state index is 13.1. The van der Waals surface area contributed by atoms with Crippen LogP contribution in [0, 0.1) is 5.82 Å². The van der Waals surface area contributed by atoms with Crippen molar-refractivity contribution in [1.29, 1.82) is 0 Å². The van der Waals surface area contributed by atoms with Gasteiger partial charge in [0, 0.05) is 39.3 Å².